The number of anilines is 3. The third kappa shape index (κ3) is 3.20. The van der Waals surface area contributed by atoms with E-state index in [2.05, 4.69) is 10.3 Å². The number of nitrogen functional groups attached to an aromatic ring is 1. The van der Waals surface area contributed by atoms with E-state index >= 15 is 0 Å². The summed E-state index contributed by atoms with van der Waals surface area (Å²) in [6.45, 7) is 2.40. The van der Waals surface area contributed by atoms with Crippen LogP contribution in [0.25, 0.3) is 11.3 Å². The molecule has 0 amide bonds. The number of benzene rings is 1. The first-order valence-electron chi connectivity index (χ1n) is 7.90. The Hall–Kier alpha value is -2.87. The molecule has 0 fully saturated rings. The second-order valence-electron chi connectivity index (χ2n) is 5.59. The van der Waals surface area contributed by atoms with E-state index < -0.39 is 11.2 Å². The van der Waals surface area contributed by atoms with Crippen LogP contribution in [-0.4, -0.2) is 14.1 Å². The third-order valence-corrected chi connectivity index (χ3v) is 4.57. The zero-order chi connectivity index (χ0) is 18.0. The Morgan fingerprint density at radius 1 is 1.24 bits per heavy atom. The molecule has 3 N–H and O–H groups in total. The van der Waals surface area contributed by atoms with E-state index in [-0.39, 0.29) is 11.4 Å². The van der Waals surface area contributed by atoms with E-state index in [0.717, 1.165) is 16.7 Å². The molecule has 0 atom stereocenters. The molecule has 7 nitrogen and oxygen atoms in total. The quantitative estimate of drug-likeness (QED) is 0.731. The highest BCUT2D eigenvalue weighted by Gasteiger charge is 2.19. The Bertz CT molecular complexity index is 1000. The van der Waals surface area contributed by atoms with Crippen LogP contribution in [0.3, 0.4) is 0 Å². The van der Waals surface area contributed by atoms with Crippen LogP contribution in [0, 0.1) is 0 Å². The van der Waals surface area contributed by atoms with Gasteiger partial charge in [0.25, 0.3) is 5.56 Å². The fraction of sp³-hybridized carbons (Fsp3) is 0.235. The molecule has 2 aromatic heterocycles. The molecule has 2 heterocycles. The van der Waals surface area contributed by atoms with Crippen molar-refractivity contribution in [3.63, 3.8) is 0 Å². The first-order chi connectivity index (χ1) is 12.0. The van der Waals surface area contributed by atoms with Gasteiger partial charge in [-0.2, -0.15) is 0 Å². The summed E-state index contributed by atoms with van der Waals surface area (Å²) in [4.78, 5) is 29.3. The fourth-order valence-electron chi connectivity index (χ4n) is 2.55. The summed E-state index contributed by atoms with van der Waals surface area (Å²) in [5.74, 6) is 0.159. The number of para-hydroxylation sites is 1. The molecule has 0 aliphatic carbocycles. The summed E-state index contributed by atoms with van der Waals surface area (Å²) in [5.41, 5.74) is 6.90. The van der Waals surface area contributed by atoms with Gasteiger partial charge in [-0.1, -0.05) is 25.1 Å². The Morgan fingerprint density at radius 3 is 2.64 bits per heavy atom. The molecule has 130 valence electrons. The summed E-state index contributed by atoms with van der Waals surface area (Å²) in [6, 6.07) is 9.63. The molecular formula is C17H19N5O2S. The van der Waals surface area contributed by atoms with Crippen molar-refractivity contribution in [1.82, 2.24) is 14.1 Å². The van der Waals surface area contributed by atoms with E-state index in [0.29, 0.717) is 17.4 Å². The zero-order valence-electron chi connectivity index (χ0n) is 14.0. The maximum Gasteiger partial charge on any atom is 0.332 e. The van der Waals surface area contributed by atoms with E-state index in [9.17, 15) is 9.59 Å². The number of hydrogen-bond acceptors (Lipinski definition) is 6. The van der Waals surface area contributed by atoms with Gasteiger partial charge >= 0.3 is 5.69 Å². The Kier molecular flexibility index (Phi) is 4.71. The lowest BCUT2D eigenvalue weighted by atomic mass is 10.2. The predicted molar refractivity (Wildman–Crippen MR) is 101 cm³/mol. The largest absolute Gasteiger partial charge is 0.384 e. The van der Waals surface area contributed by atoms with E-state index in [1.165, 1.54) is 23.0 Å². The summed E-state index contributed by atoms with van der Waals surface area (Å²) in [5, 5.41) is 5.60. The summed E-state index contributed by atoms with van der Waals surface area (Å²) in [6.07, 6.45) is 0.736. The average Bonchev–Trinajstić information content (AvgIpc) is 3.06. The normalized spacial score (nSPS) is 10.8. The van der Waals surface area contributed by atoms with Crippen LogP contribution < -0.4 is 22.3 Å². The van der Waals surface area contributed by atoms with Gasteiger partial charge in [0.1, 0.15) is 11.4 Å². The molecule has 8 heteroatoms. The van der Waals surface area contributed by atoms with Crippen molar-refractivity contribution in [2.45, 2.75) is 19.9 Å². The molecular weight excluding hydrogens is 338 g/mol. The SMILES string of the molecule is CCCn1c(N)c(-c2csc(Nc3ccccc3)n2)c(=O)n(C)c1=O. The smallest absolute Gasteiger partial charge is 0.332 e. The van der Waals surface area contributed by atoms with Crippen molar-refractivity contribution in [3.8, 4) is 11.3 Å². The Morgan fingerprint density at radius 2 is 1.96 bits per heavy atom. The summed E-state index contributed by atoms with van der Waals surface area (Å²) in [7, 11) is 1.45. The van der Waals surface area contributed by atoms with Crippen LogP contribution in [0.1, 0.15) is 13.3 Å². The highest BCUT2D eigenvalue weighted by Crippen LogP contribution is 2.27. The number of nitrogens with two attached hydrogens (primary N) is 1. The minimum atomic E-state index is -0.439. The molecule has 0 saturated carbocycles. The van der Waals surface area contributed by atoms with Gasteiger partial charge in [-0.15, -0.1) is 11.3 Å². The van der Waals surface area contributed by atoms with Crippen LogP contribution in [0.15, 0.2) is 45.3 Å². The molecule has 0 aliphatic rings. The highest BCUT2D eigenvalue weighted by atomic mass is 32.1. The molecule has 0 radical (unpaired) electrons. The van der Waals surface area contributed by atoms with Gasteiger partial charge in [0, 0.05) is 24.7 Å². The van der Waals surface area contributed by atoms with Crippen molar-refractivity contribution in [2.75, 3.05) is 11.1 Å². The van der Waals surface area contributed by atoms with Crippen LogP contribution in [-0.2, 0) is 13.6 Å². The molecule has 0 unspecified atom stereocenters. The van der Waals surface area contributed by atoms with Gasteiger partial charge in [-0.05, 0) is 18.6 Å². The van der Waals surface area contributed by atoms with E-state index in [1.807, 2.05) is 37.3 Å². The van der Waals surface area contributed by atoms with Gasteiger partial charge in [-0.25, -0.2) is 9.78 Å². The average molecular weight is 357 g/mol. The standard InChI is InChI=1S/C17H19N5O2S/c1-3-9-22-14(18)13(15(23)21(2)17(22)24)12-10-25-16(20-12)19-11-7-5-4-6-8-11/h4-8,10H,3,9,18H2,1-2H3,(H,19,20). The molecule has 0 aliphatic heterocycles. The number of rotatable bonds is 5. The summed E-state index contributed by atoms with van der Waals surface area (Å²) < 4.78 is 2.49. The van der Waals surface area contributed by atoms with Crippen LogP contribution in [0.4, 0.5) is 16.6 Å². The first kappa shape index (κ1) is 17.0. The Labute approximate surface area is 148 Å². The van der Waals surface area contributed by atoms with Gasteiger partial charge in [0.15, 0.2) is 5.13 Å². The predicted octanol–water partition coefficient (Wildman–Crippen LogP) is 2.41. The van der Waals surface area contributed by atoms with Gasteiger partial charge in [-0.3, -0.25) is 13.9 Å². The maximum absolute atomic E-state index is 12.5. The monoisotopic (exact) mass is 357 g/mol. The number of nitrogens with zero attached hydrogens (tertiary/aromatic N) is 3. The van der Waals surface area contributed by atoms with Crippen LogP contribution in [0.2, 0.25) is 0 Å². The molecule has 0 bridgehead atoms. The second-order valence-corrected chi connectivity index (χ2v) is 6.45. The Balaban J connectivity index is 2.05. The van der Waals surface area contributed by atoms with Crippen molar-refractivity contribution in [1.29, 1.82) is 0 Å². The van der Waals surface area contributed by atoms with Gasteiger partial charge in [0.2, 0.25) is 0 Å². The number of aromatic nitrogens is 3. The maximum atomic E-state index is 12.5. The van der Waals surface area contributed by atoms with Crippen molar-refractivity contribution in [3.05, 3.63) is 56.5 Å². The molecule has 0 spiro atoms. The third-order valence-electron chi connectivity index (χ3n) is 3.82. The molecule has 25 heavy (non-hydrogen) atoms. The van der Waals surface area contributed by atoms with Crippen molar-refractivity contribution >= 4 is 28.0 Å². The minimum absolute atomic E-state index is 0.159. The highest BCUT2D eigenvalue weighted by molar-refractivity contribution is 7.14. The van der Waals surface area contributed by atoms with Gasteiger partial charge in [0.05, 0.1) is 5.69 Å². The number of nitrogens with one attached hydrogen (secondary N) is 1. The van der Waals surface area contributed by atoms with E-state index in [1.54, 1.807) is 5.38 Å². The minimum Gasteiger partial charge on any atom is -0.384 e. The lowest BCUT2D eigenvalue weighted by molar-refractivity contribution is 0.600. The lowest BCUT2D eigenvalue weighted by Gasteiger charge is -2.13. The number of thiazole rings is 1. The summed E-state index contributed by atoms with van der Waals surface area (Å²) >= 11 is 1.37. The molecule has 3 rings (SSSR count). The molecule has 0 saturated heterocycles. The van der Waals surface area contributed by atoms with Gasteiger partial charge < -0.3 is 11.1 Å². The van der Waals surface area contributed by atoms with Crippen molar-refractivity contribution in [2.24, 2.45) is 7.05 Å². The van der Waals surface area contributed by atoms with Crippen LogP contribution >= 0.6 is 11.3 Å². The van der Waals surface area contributed by atoms with Crippen LogP contribution in [0.5, 0.6) is 0 Å². The topological polar surface area (TPSA) is 94.9 Å². The number of hydrogen-bond donors (Lipinski definition) is 2. The first-order valence-corrected chi connectivity index (χ1v) is 8.78. The fourth-order valence-corrected chi connectivity index (χ4v) is 3.28. The zero-order valence-corrected chi connectivity index (χ0v) is 14.8. The van der Waals surface area contributed by atoms with E-state index in [4.69, 9.17) is 5.73 Å². The molecule has 3 aromatic rings. The molecule has 1 aromatic carbocycles. The lowest BCUT2D eigenvalue weighted by Crippen LogP contribution is -2.40. The van der Waals surface area contributed by atoms with Crippen molar-refractivity contribution < 1.29 is 0 Å². The second kappa shape index (κ2) is 6.94.